The van der Waals surface area contributed by atoms with Gasteiger partial charge in [-0.1, -0.05) is 53.5 Å². The number of carbonyl (C=O) groups is 1. The number of anilines is 1. The molecule has 0 saturated heterocycles. The molecule has 0 fully saturated rings. The number of nitrogens with one attached hydrogen (secondary N) is 1. The van der Waals surface area contributed by atoms with E-state index in [4.69, 9.17) is 27.9 Å². The summed E-state index contributed by atoms with van der Waals surface area (Å²) in [5, 5.41) is 3.61. The number of hydrogen-bond donors (Lipinski definition) is 1. The molecule has 0 aliphatic rings. The lowest BCUT2D eigenvalue weighted by Gasteiger charge is -2.21. The topological polar surface area (TPSA) is 41.6 Å². The molecule has 0 radical (unpaired) electrons. The molecule has 0 spiro atoms. The number of nitrogens with zero attached hydrogens (tertiary/aromatic N) is 1. The fourth-order valence-corrected chi connectivity index (χ4v) is 3.26. The van der Waals surface area contributed by atoms with E-state index < -0.39 is 0 Å². The molecule has 0 aliphatic heterocycles. The van der Waals surface area contributed by atoms with Gasteiger partial charge in [0.05, 0.1) is 10.0 Å². The van der Waals surface area contributed by atoms with Crippen LogP contribution in [0, 0.1) is 0 Å². The van der Waals surface area contributed by atoms with Gasteiger partial charge in [-0.25, -0.2) is 0 Å². The lowest BCUT2D eigenvalue weighted by molar-refractivity contribution is 0.102. The maximum atomic E-state index is 12.4. The molecule has 0 aliphatic carbocycles. The van der Waals surface area contributed by atoms with Crippen LogP contribution in [0.15, 0.2) is 72.8 Å². The summed E-state index contributed by atoms with van der Waals surface area (Å²) in [6.45, 7) is 0.914. The van der Waals surface area contributed by atoms with Crippen molar-refractivity contribution in [2.45, 2.75) is 12.5 Å². The van der Waals surface area contributed by atoms with Crippen molar-refractivity contribution in [2.24, 2.45) is 0 Å². The van der Waals surface area contributed by atoms with Gasteiger partial charge in [-0.05, 0) is 62.1 Å². The van der Waals surface area contributed by atoms with Crippen LogP contribution in [-0.4, -0.2) is 31.4 Å². The fraction of sp³-hybridized carbons (Fsp3) is 0.208. The quantitative estimate of drug-likeness (QED) is 0.443. The van der Waals surface area contributed by atoms with Crippen molar-refractivity contribution >= 4 is 34.8 Å². The SMILES string of the molecule is CN(C)CCC(Oc1ccc(NC(=O)c2ccc(Cl)c(Cl)c2)cc1)c1ccccc1. The van der Waals surface area contributed by atoms with E-state index >= 15 is 0 Å². The predicted octanol–water partition coefficient (Wildman–Crippen LogP) is 6.32. The van der Waals surface area contributed by atoms with Gasteiger partial charge in [-0.3, -0.25) is 4.79 Å². The standard InChI is InChI=1S/C24H24Cl2N2O2/c1-28(2)15-14-23(17-6-4-3-5-7-17)30-20-11-9-19(10-12-20)27-24(29)18-8-13-21(25)22(26)16-18/h3-13,16,23H,14-15H2,1-2H3,(H,27,29). The minimum Gasteiger partial charge on any atom is -0.486 e. The largest absolute Gasteiger partial charge is 0.486 e. The van der Waals surface area contributed by atoms with Gasteiger partial charge >= 0.3 is 0 Å². The van der Waals surface area contributed by atoms with Gasteiger partial charge in [0.1, 0.15) is 11.9 Å². The summed E-state index contributed by atoms with van der Waals surface area (Å²) in [6.07, 6.45) is 0.817. The number of amides is 1. The van der Waals surface area contributed by atoms with Gasteiger partial charge < -0.3 is 15.0 Å². The van der Waals surface area contributed by atoms with Crippen LogP contribution >= 0.6 is 23.2 Å². The number of benzene rings is 3. The van der Waals surface area contributed by atoms with Crippen molar-refractivity contribution in [2.75, 3.05) is 26.0 Å². The first-order chi connectivity index (χ1) is 14.4. The number of hydrogen-bond acceptors (Lipinski definition) is 3. The van der Waals surface area contributed by atoms with E-state index in [1.807, 2.05) is 56.6 Å². The summed E-state index contributed by atoms with van der Waals surface area (Å²) >= 11 is 11.9. The Morgan fingerprint density at radius 1 is 0.967 bits per heavy atom. The molecule has 0 bridgehead atoms. The first-order valence-electron chi connectivity index (χ1n) is 9.65. The van der Waals surface area contributed by atoms with E-state index in [0.717, 1.165) is 24.3 Å². The zero-order chi connectivity index (χ0) is 21.5. The summed E-state index contributed by atoms with van der Waals surface area (Å²) < 4.78 is 6.25. The molecule has 0 saturated carbocycles. The highest BCUT2D eigenvalue weighted by Gasteiger charge is 2.14. The Labute approximate surface area is 187 Å². The van der Waals surface area contributed by atoms with Crippen LogP contribution in [-0.2, 0) is 0 Å². The Bertz CT molecular complexity index is 976. The van der Waals surface area contributed by atoms with Gasteiger partial charge in [-0.15, -0.1) is 0 Å². The molecule has 1 N–H and O–H groups in total. The lowest BCUT2D eigenvalue weighted by Crippen LogP contribution is -2.18. The molecule has 1 amide bonds. The second kappa shape index (κ2) is 10.5. The summed E-state index contributed by atoms with van der Waals surface area (Å²) in [4.78, 5) is 14.6. The highest BCUT2D eigenvalue weighted by molar-refractivity contribution is 6.42. The van der Waals surface area contributed by atoms with E-state index in [1.54, 1.807) is 18.2 Å². The molecule has 3 aromatic carbocycles. The summed E-state index contributed by atoms with van der Waals surface area (Å²) in [5.74, 6) is 0.491. The summed E-state index contributed by atoms with van der Waals surface area (Å²) in [5.41, 5.74) is 2.25. The summed E-state index contributed by atoms with van der Waals surface area (Å²) in [6, 6.07) is 22.3. The van der Waals surface area contributed by atoms with Crippen LogP contribution in [0.1, 0.15) is 28.4 Å². The number of ether oxygens (including phenoxy) is 1. The molecule has 6 heteroatoms. The minimum absolute atomic E-state index is 0.0507. The van der Waals surface area contributed by atoms with Crippen LogP contribution in [0.3, 0.4) is 0 Å². The molecular weight excluding hydrogens is 419 g/mol. The summed E-state index contributed by atoms with van der Waals surface area (Å²) in [7, 11) is 4.10. The predicted molar refractivity (Wildman–Crippen MR) is 124 cm³/mol. The van der Waals surface area contributed by atoms with Crippen molar-refractivity contribution in [1.29, 1.82) is 0 Å². The van der Waals surface area contributed by atoms with Gasteiger partial charge in [-0.2, -0.15) is 0 Å². The Balaban J connectivity index is 1.67. The monoisotopic (exact) mass is 442 g/mol. The molecule has 0 aromatic heterocycles. The first-order valence-corrected chi connectivity index (χ1v) is 10.4. The van der Waals surface area contributed by atoms with Crippen molar-refractivity contribution in [3.63, 3.8) is 0 Å². The normalized spacial score (nSPS) is 11.9. The second-order valence-electron chi connectivity index (χ2n) is 7.22. The molecule has 30 heavy (non-hydrogen) atoms. The number of rotatable bonds is 8. The van der Waals surface area contributed by atoms with E-state index in [0.29, 0.717) is 21.3 Å². The maximum absolute atomic E-state index is 12.4. The zero-order valence-corrected chi connectivity index (χ0v) is 18.5. The molecule has 0 heterocycles. The van der Waals surface area contributed by atoms with Crippen LogP contribution in [0.5, 0.6) is 5.75 Å². The van der Waals surface area contributed by atoms with Crippen molar-refractivity contribution < 1.29 is 9.53 Å². The third-order valence-corrected chi connectivity index (χ3v) is 5.32. The highest BCUT2D eigenvalue weighted by atomic mass is 35.5. The molecule has 3 rings (SSSR count). The van der Waals surface area contributed by atoms with Crippen molar-refractivity contribution in [3.05, 3.63) is 94.0 Å². The maximum Gasteiger partial charge on any atom is 0.255 e. The average Bonchev–Trinajstić information content (AvgIpc) is 2.74. The van der Waals surface area contributed by atoms with Crippen molar-refractivity contribution in [1.82, 2.24) is 4.90 Å². The molecule has 4 nitrogen and oxygen atoms in total. The van der Waals surface area contributed by atoms with Crippen molar-refractivity contribution in [3.8, 4) is 5.75 Å². The Morgan fingerprint density at radius 3 is 2.30 bits per heavy atom. The zero-order valence-electron chi connectivity index (χ0n) is 16.9. The Morgan fingerprint density at radius 2 is 1.67 bits per heavy atom. The van der Waals surface area contributed by atoms with E-state index in [9.17, 15) is 4.79 Å². The van der Waals surface area contributed by atoms with Crippen LogP contribution in [0.25, 0.3) is 0 Å². The number of carbonyl (C=O) groups excluding carboxylic acids is 1. The lowest BCUT2D eigenvalue weighted by atomic mass is 10.1. The van der Waals surface area contributed by atoms with E-state index in [-0.39, 0.29) is 12.0 Å². The smallest absolute Gasteiger partial charge is 0.255 e. The van der Waals surface area contributed by atoms with Gasteiger partial charge in [0.25, 0.3) is 5.91 Å². The van der Waals surface area contributed by atoms with Gasteiger partial charge in [0.15, 0.2) is 0 Å². The third kappa shape index (κ3) is 6.23. The number of halogens is 2. The van der Waals surface area contributed by atoms with Crippen LogP contribution in [0.2, 0.25) is 10.0 Å². The molecule has 156 valence electrons. The average molecular weight is 443 g/mol. The molecule has 1 atom stereocenters. The first kappa shape index (κ1) is 22.2. The van der Waals surface area contributed by atoms with Gasteiger partial charge in [0, 0.05) is 24.2 Å². The second-order valence-corrected chi connectivity index (χ2v) is 8.03. The van der Waals surface area contributed by atoms with Gasteiger partial charge in [0.2, 0.25) is 0 Å². The van der Waals surface area contributed by atoms with Crippen LogP contribution in [0.4, 0.5) is 5.69 Å². The molecule has 1 unspecified atom stereocenters. The van der Waals surface area contributed by atoms with E-state index in [2.05, 4.69) is 22.3 Å². The third-order valence-electron chi connectivity index (χ3n) is 4.58. The Kier molecular flexibility index (Phi) is 7.75. The minimum atomic E-state index is -0.254. The molecular formula is C24H24Cl2N2O2. The highest BCUT2D eigenvalue weighted by Crippen LogP contribution is 2.27. The molecule has 3 aromatic rings. The van der Waals surface area contributed by atoms with E-state index in [1.165, 1.54) is 0 Å². The fourth-order valence-electron chi connectivity index (χ4n) is 2.96. The van der Waals surface area contributed by atoms with Crippen LogP contribution < -0.4 is 10.1 Å². The Hall–Kier alpha value is -2.53.